The summed E-state index contributed by atoms with van der Waals surface area (Å²) in [5, 5.41) is 2.66. The van der Waals surface area contributed by atoms with Crippen molar-refractivity contribution in [3.05, 3.63) is 35.9 Å². The fraction of sp³-hybridized carbons (Fsp3) is 0.417. The van der Waals surface area contributed by atoms with Gasteiger partial charge in [-0.1, -0.05) is 30.3 Å². The van der Waals surface area contributed by atoms with Gasteiger partial charge in [0.25, 0.3) is 0 Å². The second kappa shape index (κ2) is 7.25. The zero-order valence-corrected chi connectivity index (χ0v) is 11.3. The quantitative estimate of drug-likeness (QED) is 0.777. The van der Waals surface area contributed by atoms with Gasteiger partial charge >= 0.3 is 0 Å². The summed E-state index contributed by atoms with van der Waals surface area (Å²) in [5.41, 5.74) is 0.846. The van der Waals surface area contributed by atoms with Gasteiger partial charge in [-0.15, -0.1) is 0 Å². The van der Waals surface area contributed by atoms with E-state index >= 15 is 0 Å². The molecule has 1 aromatic rings. The number of carbonyl (C=O) groups is 1. The van der Waals surface area contributed by atoms with E-state index in [1.165, 1.54) is 0 Å². The van der Waals surface area contributed by atoms with Crippen LogP contribution in [0, 0.1) is 0 Å². The molecule has 1 amide bonds. The summed E-state index contributed by atoms with van der Waals surface area (Å²) in [4.78, 5) is 11.5. The minimum Gasteiger partial charge on any atom is -0.760 e. The van der Waals surface area contributed by atoms with Gasteiger partial charge in [0.1, 0.15) is 0 Å². The minimum absolute atomic E-state index is 0.00355. The van der Waals surface area contributed by atoms with Gasteiger partial charge in [0, 0.05) is 23.9 Å². The van der Waals surface area contributed by atoms with Crippen molar-refractivity contribution in [3.8, 4) is 0 Å². The van der Waals surface area contributed by atoms with E-state index in [1.807, 2.05) is 44.2 Å². The number of nitrogens with one attached hydrogen (secondary N) is 1. The molecular weight excluding hydrogens is 252 g/mol. The van der Waals surface area contributed by atoms with Crippen molar-refractivity contribution in [1.29, 1.82) is 0 Å². The summed E-state index contributed by atoms with van der Waals surface area (Å²) < 4.78 is 23.2. The van der Waals surface area contributed by atoms with Crippen LogP contribution in [0.5, 0.6) is 0 Å². The van der Waals surface area contributed by atoms with Crippen LogP contribution < -0.4 is 5.32 Å². The fourth-order valence-electron chi connectivity index (χ4n) is 1.48. The van der Waals surface area contributed by atoms with Crippen LogP contribution in [0.1, 0.15) is 19.4 Å². The molecule has 5 nitrogen and oxygen atoms in total. The lowest BCUT2D eigenvalue weighted by atomic mass is 10.2. The van der Waals surface area contributed by atoms with E-state index in [0.717, 1.165) is 9.87 Å². The Labute approximate surface area is 110 Å². The number of nitrogens with zero attached hydrogens (tertiary/aromatic N) is 1. The summed E-state index contributed by atoms with van der Waals surface area (Å²) in [6, 6.07) is 9.15. The number of benzene rings is 1. The van der Waals surface area contributed by atoms with Crippen molar-refractivity contribution in [2.75, 3.05) is 6.54 Å². The molecule has 0 saturated carbocycles. The number of carbonyl (C=O) groups excluding carboxylic acids is 1. The Kier molecular flexibility index (Phi) is 5.97. The molecule has 1 unspecified atom stereocenters. The van der Waals surface area contributed by atoms with Crippen molar-refractivity contribution in [1.82, 2.24) is 9.62 Å². The van der Waals surface area contributed by atoms with Crippen LogP contribution in [0.4, 0.5) is 0 Å². The van der Waals surface area contributed by atoms with Crippen LogP contribution in [-0.4, -0.2) is 31.6 Å². The molecule has 0 heterocycles. The lowest BCUT2D eigenvalue weighted by Crippen LogP contribution is -2.40. The van der Waals surface area contributed by atoms with E-state index in [4.69, 9.17) is 0 Å². The summed E-state index contributed by atoms with van der Waals surface area (Å²) in [7, 11) is 0. The van der Waals surface area contributed by atoms with E-state index < -0.39 is 11.3 Å². The van der Waals surface area contributed by atoms with Crippen LogP contribution in [0.15, 0.2) is 30.3 Å². The predicted octanol–water partition coefficient (Wildman–Crippen LogP) is 0.807. The van der Waals surface area contributed by atoms with Crippen molar-refractivity contribution in [3.63, 3.8) is 0 Å². The van der Waals surface area contributed by atoms with Gasteiger partial charge in [0.2, 0.25) is 5.91 Å². The number of rotatable bonds is 6. The van der Waals surface area contributed by atoms with Gasteiger partial charge in [-0.2, -0.15) is 0 Å². The molecule has 0 saturated heterocycles. The van der Waals surface area contributed by atoms with Gasteiger partial charge in [0.05, 0.1) is 6.54 Å². The Bertz CT molecular complexity index is 409. The molecule has 1 rings (SSSR count). The minimum atomic E-state index is -2.42. The first-order chi connectivity index (χ1) is 8.49. The molecule has 0 radical (unpaired) electrons. The van der Waals surface area contributed by atoms with Gasteiger partial charge in [0.15, 0.2) is 0 Å². The topological polar surface area (TPSA) is 72.5 Å². The molecule has 6 heteroatoms. The highest BCUT2D eigenvalue weighted by Crippen LogP contribution is 2.05. The van der Waals surface area contributed by atoms with E-state index in [0.29, 0.717) is 0 Å². The van der Waals surface area contributed by atoms with Crippen molar-refractivity contribution in [2.24, 2.45) is 0 Å². The van der Waals surface area contributed by atoms with E-state index in [1.54, 1.807) is 0 Å². The van der Waals surface area contributed by atoms with Crippen molar-refractivity contribution >= 4 is 17.2 Å². The highest BCUT2D eigenvalue weighted by Gasteiger charge is 2.12. The molecule has 0 aromatic heterocycles. The number of hydrogen-bond acceptors (Lipinski definition) is 3. The lowest BCUT2D eigenvalue weighted by molar-refractivity contribution is -0.121. The van der Waals surface area contributed by atoms with Gasteiger partial charge in [-0.3, -0.25) is 9.00 Å². The molecule has 0 aliphatic rings. The fourth-order valence-corrected chi connectivity index (χ4v) is 1.95. The summed E-state index contributed by atoms with van der Waals surface area (Å²) >= 11 is -2.42. The molecule has 1 aromatic carbocycles. The molecule has 0 aliphatic carbocycles. The average molecular weight is 269 g/mol. The van der Waals surface area contributed by atoms with E-state index in [-0.39, 0.29) is 25.0 Å². The standard InChI is InChI=1S/C12H18N2O3S/c1-10(2)13-12(15)9-14(18(16)17)8-11-6-4-3-5-7-11/h3-7,10H,8-9H2,1-2H3,(H,13,15)(H,16,17)/p-1. The third-order valence-corrected chi connectivity index (χ3v) is 2.86. The highest BCUT2D eigenvalue weighted by molar-refractivity contribution is 7.76. The SMILES string of the molecule is CC(C)NC(=O)CN(Cc1ccccc1)S(=O)[O-]. The first-order valence-electron chi connectivity index (χ1n) is 5.66. The Morgan fingerprint density at radius 1 is 1.39 bits per heavy atom. The van der Waals surface area contributed by atoms with E-state index in [9.17, 15) is 13.6 Å². The molecule has 0 aliphatic heterocycles. The molecular formula is C12H17N2O3S-. The Balaban J connectivity index is 2.61. The number of hydrogen-bond donors (Lipinski definition) is 1. The van der Waals surface area contributed by atoms with Crippen molar-refractivity contribution < 1.29 is 13.6 Å². The monoisotopic (exact) mass is 269 g/mol. The molecule has 0 bridgehead atoms. The maximum Gasteiger partial charge on any atom is 0.235 e. The molecule has 18 heavy (non-hydrogen) atoms. The molecule has 0 fully saturated rings. The normalized spacial score (nSPS) is 12.7. The number of amides is 1. The Morgan fingerprint density at radius 2 is 2.00 bits per heavy atom. The molecule has 0 spiro atoms. The summed E-state index contributed by atoms with van der Waals surface area (Å²) in [6.07, 6.45) is 0. The van der Waals surface area contributed by atoms with Crippen molar-refractivity contribution in [2.45, 2.75) is 26.4 Å². The van der Waals surface area contributed by atoms with Crippen LogP contribution >= 0.6 is 0 Å². The third-order valence-electron chi connectivity index (χ3n) is 2.18. The Hall–Kier alpha value is -1.24. The first-order valence-corrected chi connectivity index (χ1v) is 6.70. The summed E-state index contributed by atoms with van der Waals surface area (Å²) in [6.45, 7) is 3.69. The smallest absolute Gasteiger partial charge is 0.235 e. The Morgan fingerprint density at radius 3 is 2.50 bits per heavy atom. The van der Waals surface area contributed by atoms with Crippen LogP contribution in [-0.2, 0) is 22.6 Å². The zero-order valence-electron chi connectivity index (χ0n) is 10.5. The lowest BCUT2D eigenvalue weighted by Gasteiger charge is -2.24. The van der Waals surface area contributed by atoms with Gasteiger partial charge < -0.3 is 9.87 Å². The first kappa shape index (κ1) is 14.8. The molecule has 1 N–H and O–H groups in total. The largest absolute Gasteiger partial charge is 0.760 e. The third kappa shape index (κ3) is 5.39. The molecule has 100 valence electrons. The highest BCUT2D eigenvalue weighted by atomic mass is 32.2. The summed E-state index contributed by atoms with van der Waals surface area (Å²) in [5.74, 6) is -0.301. The second-order valence-corrected chi connectivity index (χ2v) is 5.17. The van der Waals surface area contributed by atoms with E-state index in [2.05, 4.69) is 5.32 Å². The zero-order chi connectivity index (χ0) is 13.5. The van der Waals surface area contributed by atoms with Crippen LogP contribution in [0.2, 0.25) is 0 Å². The maximum atomic E-state index is 11.5. The van der Waals surface area contributed by atoms with Gasteiger partial charge in [-0.05, 0) is 19.4 Å². The average Bonchev–Trinajstić information content (AvgIpc) is 2.28. The predicted molar refractivity (Wildman–Crippen MR) is 69.1 cm³/mol. The maximum absolute atomic E-state index is 11.5. The van der Waals surface area contributed by atoms with Crippen LogP contribution in [0.25, 0.3) is 0 Å². The molecule has 1 atom stereocenters. The van der Waals surface area contributed by atoms with Crippen LogP contribution in [0.3, 0.4) is 0 Å². The second-order valence-electron chi connectivity index (χ2n) is 4.22. The van der Waals surface area contributed by atoms with Gasteiger partial charge in [-0.25, -0.2) is 4.31 Å².